The maximum Gasteiger partial charge on any atom is 0.109 e. The summed E-state index contributed by atoms with van der Waals surface area (Å²) in [7, 11) is 0. The molecule has 70 valence electrons. The van der Waals surface area contributed by atoms with E-state index in [0.29, 0.717) is 11.8 Å². The second-order valence-corrected chi connectivity index (χ2v) is 3.33. The zero-order valence-corrected chi connectivity index (χ0v) is 7.43. The molecule has 2 N–H and O–H groups in total. The van der Waals surface area contributed by atoms with Crippen molar-refractivity contribution in [3.8, 4) is 0 Å². The van der Waals surface area contributed by atoms with E-state index in [1.807, 2.05) is 0 Å². The minimum atomic E-state index is -0.395. The number of nitrogens with two attached hydrogens (primary N) is 1. The Bertz CT molecular complexity index is 151. The van der Waals surface area contributed by atoms with Gasteiger partial charge in [-0.1, -0.05) is 19.3 Å². The third-order valence-corrected chi connectivity index (χ3v) is 2.40. The quantitative estimate of drug-likeness (QED) is 0.512. The Morgan fingerprint density at radius 3 is 2.58 bits per heavy atom. The molecule has 1 saturated carbocycles. The lowest BCUT2D eigenvalue weighted by atomic mass is 9.88. The minimum absolute atomic E-state index is 0.238. The highest BCUT2D eigenvalue weighted by molar-refractivity contribution is 5.82. The van der Waals surface area contributed by atoms with Gasteiger partial charge in [-0.25, -0.2) is 4.39 Å². The topological polar surface area (TPSA) is 38.4 Å². The summed E-state index contributed by atoms with van der Waals surface area (Å²) >= 11 is 0. The highest BCUT2D eigenvalue weighted by Crippen LogP contribution is 2.23. The fourth-order valence-electron chi connectivity index (χ4n) is 1.70. The van der Waals surface area contributed by atoms with Crippen LogP contribution in [0.4, 0.5) is 4.39 Å². The fraction of sp³-hybridized carbons (Fsp3) is 0.889. The Morgan fingerprint density at radius 1 is 1.33 bits per heavy atom. The zero-order valence-electron chi connectivity index (χ0n) is 7.43. The number of nitrogens with zero attached hydrogens (tertiary/aromatic N) is 1. The van der Waals surface area contributed by atoms with E-state index in [4.69, 9.17) is 5.73 Å². The van der Waals surface area contributed by atoms with E-state index in [2.05, 4.69) is 4.99 Å². The van der Waals surface area contributed by atoms with Gasteiger partial charge in [-0.3, -0.25) is 4.99 Å². The van der Waals surface area contributed by atoms with Gasteiger partial charge in [0.15, 0.2) is 0 Å². The molecule has 0 aromatic carbocycles. The first-order valence-electron chi connectivity index (χ1n) is 4.70. The van der Waals surface area contributed by atoms with E-state index in [1.165, 1.54) is 19.3 Å². The van der Waals surface area contributed by atoms with E-state index in [9.17, 15) is 4.39 Å². The van der Waals surface area contributed by atoms with Crippen molar-refractivity contribution in [2.24, 2.45) is 16.6 Å². The molecule has 1 fully saturated rings. The molecule has 0 radical (unpaired) electrons. The summed E-state index contributed by atoms with van der Waals surface area (Å²) in [6.07, 6.45) is 6.09. The molecule has 1 rings (SSSR count). The third-order valence-electron chi connectivity index (χ3n) is 2.40. The van der Waals surface area contributed by atoms with Crippen molar-refractivity contribution in [2.75, 3.05) is 13.2 Å². The molecular formula is C9H17FN2. The Hall–Kier alpha value is -0.600. The molecule has 0 amide bonds. The van der Waals surface area contributed by atoms with Crippen LogP contribution < -0.4 is 5.73 Å². The summed E-state index contributed by atoms with van der Waals surface area (Å²) in [5, 5.41) is 0. The predicted octanol–water partition coefficient (Wildman–Crippen LogP) is 1.89. The normalized spacial score (nSPS) is 21.2. The number of rotatable bonds is 3. The van der Waals surface area contributed by atoms with Crippen LogP contribution in [0.2, 0.25) is 0 Å². The summed E-state index contributed by atoms with van der Waals surface area (Å²) in [5.74, 6) is 1.11. The van der Waals surface area contributed by atoms with Gasteiger partial charge >= 0.3 is 0 Å². The summed E-state index contributed by atoms with van der Waals surface area (Å²) in [5.41, 5.74) is 5.72. The molecule has 0 heterocycles. The zero-order chi connectivity index (χ0) is 8.81. The van der Waals surface area contributed by atoms with Gasteiger partial charge in [0.2, 0.25) is 0 Å². The Labute approximate surface area is 73.1 Å². The van der Waals surface area contributed by atoms with Crippen molar-refractivity contribution in [3.05, 3.63) is 0 Å². The van der Waals surface area contributed by atoms with Crippen LogP contribution >= 0.6 is 0 Å². The van der Waals surface area contributed by atoms with Crippen LogP contribution in [0.5, 0.6) is 0 Å². The molecule has 0 spiro atoms. The number of halogens is 1. The van der Waals surface area contributed by atoms with E-state index >= 15 is 0 Å². The van der Waals surface area contributed by atoms with Crippen LogP contribution in [0.3, 0.4) is 0 Å². The van der Waals surface area contributed by atoms with E-state index in [-0.39, 0.29) is 6.54 Å². The monoisotopic (exact) mass is 172 g/mol. The number of alkyl halides is 1. The average molecular weight is 172 g/mol. The van der Waals surface area contributed by atoms with Crippen molar-refractivity contribution < 1.29 is 4.39 Å². The molecule has 1 aliphatic rings. The molecule has 2 nitrogen and oxygen atoms in total. The van der Waals surface area contributed by atoms with Gasteiger partial charge in [0.05, 0.1) is 12.4 Å². The lowest BCUT2D eigenvalue weighted by Gasteiger charge is -2.20. The third kappa shape index (κ3) is 2.80. The lowest BCUT2D eigenvalue weighted by Crippen LogP contribution is -2.26. The van der Waals surface area contributed by atoms with Crippen LogP contribution in [0.15, 0.2) is 4.99 Å². The highest BCUT2D eigenvalue weighted by atomic mass is 19.1. The van der Waals surface area contributed by atoms with Gasteiger partial charge < -0.3 is 5.73 Å². The molecule has 12 heavy (non-hydrogen) atoms. The standard InChI is InChI=1S/C9H17FN2/c10-6-7-12-9(11)8-4-2-1-3-5-8/h8H,1-7H2,(H2,11,12). The first kappa shape index (κ1) is 9.49. The highest BCUT2D eigenvalue weighted by Gasteiger charge is 2.16. The molecule has 0 saturated heterocycles. The van der Waals surface area contributed by atoms with E-state index < -0.39 is 6.67 Å². The summed E-state index contributed by atoms with van der Waals surface area (Å²) in [6.45, 7) is -0.157. The van der Waals surface area contributed by atoms with Gasteiger partial charge in [-0.2, -0.15) is 0 Å². The SMILES string of the molecule is NC(=NCCF)C1CCCCC1. The molecule has 0 unspecified atom stereocenters. The van der Waals surface area contributed by atoms with Crippen LogP contribution in [0, 0.1) is 5.92 Å². The second-order valence-electron chi connectivity index (χ2n) is 3.33. The molecular weight excluding hydrogens is 155 g/mol. The van der Waals surface area contributed by atoms with Crippen molar-refractivity contribution >= 4 is 5.84 Å². The van der Waals surface area contributed by atoms with Gasteiger partial charge in [-0.05, 0) is 12.8 Å². The van der Waals surface area contributed by atoms with Gasteiger partial charge in [0.25, 0.3) is 0 Å². The second kappa shape index (κ2) is 5.12. The van der Waals surface area contributed by atoms with Crippen molar-refractivity contribution in [1.82, 2.24) is 0 Å². The maximum atomic E-state index is 11.8. The van der Waals surface area contributed by atoms with Crippen molar-refractivity contribution in [1.29, 1.82) is 0 Å². The average Bonchev–Trinajstić information content (AvgIpc) is 2.15. The maximum absolute atomic E-state index is 11.8. The minimum Gasteiger partial charge on any atom is -0.387 e. The van der Waals surface area contributed by atoms with Crippen LogP contribution in [0.25, 0.3) is 0 Å². The molecule has 1 aliphatic carbocycles. The van der Waals surface area contributed by atoms with Gasteiger partial charge in [0, 0.05) is 5.92 Å². The smallest absolute Gasteiger partial charge is 0.109 e. The Morgan fingerprint density at radius 2 is 2.00 bits per heavy atom. The van der Waals surface area contributed by atoms with E-state index in [0.717, 1.165) is 12.8 Å². The molecule has 0 aromatic heterocycles. The van der Waals surface area contributed by atoms with Crippen molar-refractivity contribution in [2.45, 2.75) is 32.1 Å². The number of hydrogen-bond donors (Lipinski definition) is 1. The molecule has 0 aliphatic heterocycles. The fourth-order valence-corrected chi connectivity index (χ4v) is 1.70. The van der Waals surface area contributed by atoms with Crippen LogP contribution in [0.1, 0.15) is 32.1 Å². The van der Waals surface area contributed by atoms with Crippen molar-refractivity contribution in [3.63, 3.8) is 0 Å². The summed E-state index contributed by atoms with van der Waals surface area (Å²) in [6, 6.07) is 0. The number of aliphatic imine (C=N–C) groups is 1. The molecule has 3 heteroatoms. The molecule has 0 atom stereocenters. The first-order chi connectivity index (χ1) is 5.84. The predicted molar refractivity (Wildman–Crippen MR) is 49.0 cm³/mol. The summed E-state index contributed by atoms with van der Waals surface area (Å²) in [4.78, 5) is 3.99. The van der Waals surface area contributed by atoms with Gasteiger partial charge in [-0.15, -0.1) is 0 Å². The van der Waals surface area contributed by atoms with Crippen LogP contribution in [-0.4, -0.2) is 19.1 Å². The summed E-state index contributed by atoms with van der Waals surface area (Å²) < 4.78 is 11.8. The van der Waals surface area contributed by atoms with E-state index in [1.54, 1.807) is 0 Å². The Balaban J connectivity index is 2.33. The lowest BCUT2D eigenvalue weighted by molar-refractivity contribution is 0.435. The Kier molecular flexibility index (Phi) is 4.05. The van der Waals surface area contributed by atoms with Gasteiger partial charge in [0.1, 0.15) is 6.67 Å². The number of hydrogen-bond acceptors (Lipinski definition) is 1. The largest absolute Gasteiger partial charge is 0.387 e. The number of amidine groups is 1. The molecule has 0 bridgehead atoms. The first-order valence-corrected chi connectivity index (χ1v) is 4.70. The van der Waals surface area contributed by atoms with Crippen LogP contribution in [-0.2, 0) is 0 Å². The molecule has 0 aromatic rings.